The van der Waals surface area contributed by atoms with E-state index in [1.165, 1.54) is 14.1 Å². The van der Waals surface area contributed by atoms with Gasteiger partial charge in [-0.15, -0.1) is 0 Å². The van der Waals surface area contributed by atoms with Gasteiger partial charge in [-0.1, -0.05) is 25.1 Å². The minimum atomic E-state index is -3.46. The Morgan fingerprint density at radius 3 is 2.55 bits per heavy atom. The molecule has 8 heteroatoms. The molecule has 0 spiro atoms. The van der Waals surface area contributed by atoms with Crippen molar-refractivity contribution in [1.29, 1.82) is 0 Å². The molecule has 7 nitrogen and oxygen atoms in total. The number of aryl methyl sites for hydroxylation is 1. The molecule has 0 saturated carbocycles. The molecule has 0 bridgehead atoms. The van der Waals surface area contributed by atoms with E-state index >= 15 is 0 Å². The van der Waals surface area contributed by atoms with Crippen LogP contribution in [0.4, 0.5) is 0 Å². The molecule has 0 heterocycles. The van der Waals surface area contributed by atoms with Gasteiger partial charge in [0.2, 0.25) is 0 Å². The summed E-state index contributed by atoms with van der Waals surface area (Å²) in [6.07, 6.45) is 0.824. The molecule has 1 rings (SSSR count). The summed E-state index contributed by atoms with van der Waals surface area (Å²) in [5.41, 5.74) is 1.04. The zero-order chi connectivity index (χ0) is 16.6. The van der Waals surface area contributed by atoms with E-state index in [2.05, 4.69) is 10.0 Å². The molecule has 0 aliphatic rings. The van der Waals surface area contributed by atoms with Gasteiger partial charge in [0.05, 0.1) is 0 Å². The number of carbonyl (C=O) groups excluding carboxylic acids is 1. The lowest BCUT2D eigenvalue weighted by atomic mass is 10.1. The Kier molecular flexibility index (Phi) is 7.30. The van der Waals surface area contributed by atoms with Crippen LogP contribution in [0, 0.1) is 0 Å². The van der Waals surface area contributed by atoms with Gasteiger partial charge in [-0.05, 0) is 18.1 Å². The molecule has 1 amide bonds. The second-order valence-electron chi connectivity index (χ2n) is 4.78. The molecular weight excluding hydrogens is 306 g/mol. The van der Waals surface area contributed by atoms with E-state index in [0.29, 0.717) is 5.75 Å². The molecule has 0 aromatic heterocycles. The summed E-state index contributed by atoms with van der Waals surface area (Å²) in [7, 11) is -0.599. The van der Waals surface area contributed by atoms with E-state index in [-0.39, 0.29) is 25.6 Å². The number of carbonyl (C=O) groups is 1. The smallest absolute Gasteiger partial charge is 0.278 e. The predicted octanol–water partition coefficient (Wildman–Crippen LogP) is 0.140. The maximum Gasteiger partial charge on any atom is 0.278 e. The van der Waals surface area contributed by atoms with Crippen LogP contribution in [-0.4, -0.2) is 52.4 Å². The molecule has 0 radical (unpaired) electrons. The average molecular weight is 329 g/mol. The van der Waals surface area contributed by atoms with E-state index in [1.54, 1.807) is 0 Å². The second-order valence-corrected chi connectivity index (χ2v) is 6.75. The number of hydrogen-bond donors (Lipinski definition) is 2. The molecule has 0 aliphatic heterocycles. The maximum absolute atomic E-state index is 11.7. The number of ether oxygens (including phenoxy) is 1. The number of nitrogens with one attached hydrogen (secondary N) is 2. The fraction of sp³-hybridized carbons (Fsp3) is 0.500. The van der Waals surface area contributed by atoms with Crippen LogP contribution >= 0.6 is 0 Å². The minimum Gasteiger partial charge on any atom is -0.483 e. The van der Waals surface area contributed by atoms with Crippen LogP contribution in [0.1, 0.15) is 12.5 Å². The van der Waals surface area contributed by atoms with Gasteiger partial charge in [0, 0.05) is 27.2 Å². The Morgan fingerprint density at radius 2 is 1.91 bits per heavy atom. The Hall–Kier alpha value is -1.64. The van der Waals surface area contributed by atoms with Gasteiger partial charge in [-0.3, -0.25) is 4.79 Å². The quantitative estimate of drug-likeness (QED) is 0.631. The normalized spacial score (nSPS) is 11.5. The van der Waals surface area contributed by atoms with Gasteiger partial charge in [0.1, 0.15) is 5.75 Å². The first-order chi connectivity index (χ1) is 10.4. The van der Waals surface area contributed by atoms with Gasteiger partial charge in [-0.25, -0.2) is 4.72 Å². The highest BCUT2D eigenvalue weighted by atomic mass is 32.2. The number of nitrogens with zero attached hydrogens (tertiary/aromatic N) is 1. The third-order valence-corrected chi connectivity index (χ3v) is 4.45. The molecule has 0 aliphatic carbocycles. The first-order valence-corrected chi connectivity index (χ1v) is 8.45. The minimum absolute atomic E-state index is 0.0998. The van der Waals surface area contributed by atoms with Gasteiger partial charge in [0.25, 0.3) is 16.1 Å². The number of amides is 1. The number of hydrogen-bond acceptors (Lipinski definition) is 4. The first kappa shape index (κ1) is 18.4. The Morgan fingerprint density at radius 1 is 1.23 bits per heavy atom. The van der Waals surface area contributed by atoms with Crippen LogP contribution in [0.25, 0.3) is 0 Å². The highest BCUT2D eigenvalue weighted by Gasteiger charge is 2.11. The topological polar surface area (TPSA) is 87.7 Å². The summed E-state index contributed by atoms with van der Waals surface area (Å²) in [4.78, 5) is 11.7. The fourth-order valence-corrected chi connectivity index (χ4v) is 2.26. The standard InChI is InChI=1S/C14H23N3O4S/c1-4-12-7-5-6-8-13(12)21-11-14(18)15-9-10-16-22(19,20)17(2)3/h5-8,16H,4,9-11H2,1-3H3,(H,15,18). The molecule has 2 N–H and O–H groups in total. The number of rotatable bonds is 9. The van der Waals surface area contributed by atoms with Crippen molar-refractivity contribution in [1.82, 2.24) is 14.3 Å². The maximum atomic E-state index is 11.7. The van der Waals surface area contributed by atoms with Crippen molar-refractivity contribution in [3.8, 4) is 5.75 Å². The van der Waals surface area contributed by atoms with E-state index in [0.717, 1.165) is 16.3 Å². The molecule has 1 aromatic rings. The number of para-hydroxylation sites is 1. The molecule has 1 aromatic carbocycles. The SMILES string of the molecule is CCc1ccccc1OCC(=O)NCCNS(=O)(=O)N(C)C. The van der Waals surface area contributed by atoms with E-state index in [9.17, 15) is 13.2 Å². The molecule has 0 fully saturated rings. The van der Waals surface area contributed by atoms with Gasteiger partial charge < -0.3 is 10.1 Å². The largest absolute Gasteiger partial charge is 0.483 e. The highest BCUT2D eigenvalue weighted by Crippen LogP contribution is 2.17. The average Bonchev–Trinajstić information content (AvgIpc) is 2.49. The first-order valence-electron chi connectivity index (χ1n) is 7.01. The van der Waals surface area contributed by atoms with Gasteiger partial charge in [0.15, 0.2) is 6.61 Å². The van der Waals surface area contributed by atoms with Gasteiger partial charge >= 0.3 is 0 Å². The zero-order valence-electron chi connectivity index (χ0n) is 13.1. The summed E-state index contributed by atoms with van der Waals surface area (Å²) in [5.74, 6) is 0.392. The van der Waals surface area contributed by atoms with Crippen molar-refractivity contribution < 1.29 is 17.9 Å². The van der Waals surface area contributed by atoms with E-state index in [1.807, 2.05) is 31.2 Å². The van der Waals surface area contributed by atoms with Crippen molar-refractivity contribution in [3.63, 3.8) is 0 Å². The lowest BCUT2D eigenvalue weighted by Gasteiger charge is -2.13. The molecule has 22 heavy (non-hydrogen) atoms. The third kappa shape index (κ3) is 6.00. The van der Waals surface area contributed by atoms with Crippen LogP contribution in [-0.2, 0) is 21.4 Å². The summed E-state index contributed by atoms with van der Waals surface area (Å²) in [5, 5.41) is 2.59. The van der Waals surface area contributed by atoms with Crippen molar-refractivity contribution >= 4 is 16.1 Å². The van der Waals surface area contributed by atoms with Crippen LogP contribution < -0.4 is 14.8 Å². The lowest BCUT2D eigenvalue weighted by Crippen LogP contribution is -2.41. The Balaban J connectivity index is 2.30. The van der Waals surface area contributed by atoms with Gasteiger partial charge in [-0.2, -0.15) is 12.7 Å². The van der Waals surface area contributed by atoms with Crippen LogP contribution in [0.3, 0.4) is 0 Å². The molecule has 0 atom stereocenters. The molecule has 0 unspecified atom stereocenters. The van der Waals surface area contributed by atoms with Crippen molar-refractivity contribution in [3.05, 3.63) is 29.8 Å². The third-order valence-electron chi connectivity index (χ3n) is 2.92. The van der Waals surface area contributed by atoms with E-state index in [4.69, 9.17) is 4.74 Å². The van der Waals surface area contributed by atoms with Crippen molar-refractivity contribution in [2.45, 2.75) is 13.3 Å². The summed E-state index contributed by atoms with van der Waals surface area (Å²) in [6, 6.07) is 7.53. The number of benzene rings is 1. The summed E-state index contributed by atoms with van der Waals surface area (Å²) >= 11 is 0. The lowest BCUT2D eigenvalue weighted by molar-refractivity contribution is -0.123. The summed E-state index contributed by atoms with van der Waals surface area (Å²) in [6.45, 7) is 2.24. The fourth-order valence-electron chi connectivity index (χ4n) is 1.64. The molecular formula is C14H23N3O4S. The van der Waals surface area contributed by atoms with Crippen molar-refractivity contribution in [2.24, 2.45) is 0 Å². The summed E-state index contributed by atoms with van der Waals surface area (Å²) < 4.78 is 31.8. The monoisotopic (exact) mass is 329 g/mol. The van der Waals surface area contributed by atoms with Crippen LogP contribution in [0.15, 0.2) is 24.3 Å². The van der Waals surface area contributed by atoms with Crippen LogP contribution in [0.2, 0.25) is 0 Å². The Labute approximate surface area is 131 Å². The predicted molar refractivity (Wildman–Crippen MR) is 84.9 cm³/mol. The molecule has 0 saturated heterocycles. The zero-order valence-corrected chi connectivity index (χ0v) is 13.9. The second kappa shape index (κ2) is 8.72. The molecule has 124 valence electrons. The van der Waals surface area contributed by atoms with E-state index < -0.39 is 10.2 Å². The van der Waals surface area contributed by atoms with Crippen molar-refractivity contribution in [2.75, 3.05) is 33.8 Å². The van der Waals surface area contributed by atoms with Crippen LogP contribution in [0.5, 0.6) is 5.75 Å². The Bertz CT molecular complexity index is 588. The highest BCUT2D eigenvalue weighted by molar-refractivity contribution is 7.87.